The lowest BCUT2D eigenvalue weighted by atomic mass is 10.0. The minimum atomic E-state index is -0.692. The van der Waals surface area contributed by atoms with Crippen molar-refractivity contribution in [2.24, 2.45) is 5.92 Å². The maximum absolute atomic E-state index is 12.9. The van der Waals surface area contributed by atoms with Crippen LogP contribution in [0.4, 0.5) is 0 Å². The van der Waals surface area contributed by atoms with Crippen LogP contribution in [0.3, 0.4) is 0 Å². The van der Waals surface area contributed by atoms with Crippen molar-refractivity contribution in [1.29, 1.82) is 0 Å². The molecule has 5 heteroatoms. The van der Waals surface area contributed by atoms with E-state index in [4.69, 9.17) is 0 Å². The van der Waals surface area contributed by atoms with Crippen molar-refractivity contribution in [2.75, 3.05) is 0 Å². The maximum atomic E-state index is 12.9. The number of hydrogen-bond donors (Lipinski definition) is 2. The zero-order valence-corrected chi connectivity index (χ0v) is 16.4. The Balaban J connectivity index is 1.73. The first-order valence-corrected chi connectivity index (χ1v) is 9.99. The Morgan fingerprint density at radius 1 is 1.00 bits per heavy atom. The fourth-order valence-corrected chi connectivity index (χ4v) is 3.95. The zero-order valence-electron chi connectivity index (χ0n) is 15.6. The van der Waals surface area contributed by atoms with E-state index < -0.39 is 6.04 Å². The van der Waals surface area contributed by atoms with Gasteiger partial charge in [-0.2, -0.15) is 0 Å². The van der Waals surface area contributed by atoms with E-state index in [1.54, 1.807) is 11.3 Å². The van der Waals surface area contributed by atoms with Crippen molar-refractivity contribution in [2.45, 2.75) is 32.9 Å². The van der Waals surface area contributed by atoms with Crippen molar-refractivity contribution in [3.63, 3.8) is 0 Å². The minimum Gasteiger partial charge on any atom is -0.350 e. The van der Waals surface area contributed by atoms with Gasteiger partial charge in [-0.05, 0) is 33.9 Å². The Bertz CT molecular complexity index is 918. The molecule has 1 heterocycles. The molecule has 0 bridgehead atoms. The molecule has 3 rings (SSSR count). The van der Waals surface area contributed by atoms with Gasteiger partial charge in [0.15, 0.2) is 0 Å². The molecule has 2 N–H and O–H groups in total. The van der Waals surface area contributed by atoms with Gasteiger partial charge in [0.25, 0.3) is 0 Å². The summed E-state index contributed by atoms with van der Waals surface area (Å²) in [5, 5.41) is 9.10. The zero-order chi connectivity index (χ0) is 19.2. The second-order valence-corrected chi connectivity index (χ2v) is 7.90. The number of carbonyl (C=O) groups excluding carboxylic acids is 2. The van der Waals surface area contributed by atoms with Gasteiger partial charge in [-0.1, -0.05) is 62.4 Å². The van der Waals surface area contributed by atoms with E-state index in [1.807, 2.05) is 56.3 Å². The molecule has 1 aromatic heterocycles. The SMILES string of the molecule is CC(C)CC(=O)NC(C(=O)NCc1csc2ccccc12)c1ccccc1. The highest BCUT2D eigenvalue weighted by atomic mass is 32.1. The summed E-state index contributed by atoms with van der Waals surface area (Å²) in [7, 11) is 0. The van der Waals surface area contributed by atoms with Crippen molar-refractivity contribution < 1.29 is 9.59 Å². The van der Waals surface area contributed by atoms with Crippen molar-refractivity contribution >= 4 is 33.2 Å². The van der Waals surface area contributed by atoms with Crippen LogP contribution in [0.5, 0.6) is 0 Å². The number of fused-ring (bicyclic) bond motifs is 1. The standard InChI is InChI=1S/C22H24N2O2S/c1-15(2)12-20(25)24-21(16-8-4-3-5-9-16)22(26)23-13-17-14-27-19-11-7-6-10-18(17)19/h3-11,14-15,21H,12-13H2,1-2H3,(H,23,26)(H,24,25). The minimum absolute atomic E-state index is 0.116. The Morgan fingerprint density at radius 3 is 2.44 bits per heavy atom. The van der Waals surface area contributed by atoms with Gasteiger partial charge in [0.05, 0.1) is 0 Å². The Hall–Kier alpha value is -2.66. The molecule has 0 fully saturated rings. The molecular weight excluding hydrogens is 356 g/mol. The second-order valence-electron chi connectivity index (χ2n) is 6.98. The molecule has 0 saturated heterocycles. The van der Waals surface area contributed by atoms with Gasteiger partial charge in [-0.25, -0.2) is 0 Å². The lowest BCUT2D eigenvalue weighted by molar-refractivity contribution is -0.129. The van der Waals surface area contributed by atoms with Crippen LogP contribution in [0.2, 0.25) is 0 Å². The van der Waals surface area contributed by atoms with Crippen LogP contribution in [0.25, 0.3) is 10.1 Å². The Labute approximate surface area is 163 Å². The molecule has 2 aromatic carbocycles. The molecule has 2 amide bonds. The Kier molecular flexibility index (Phi) is 6.24. The number of nitrogens with one attached hydrogen (secondary N) is 2. The van der Waals surface area contributed by atoms with Gasteiger partial charge in [-0.3, -0.25) is 9.59 Å². The maximum Gasteiger partial charge on any atom is 0.247 e. The van der Waals surface area contributed by atoms with Crippen LogP contribution in [-0.4, -0.2) is 11.8 Å². The molecule has 4 nitrogen and oxygen atoms in total. The molecule has 0 aliphatic carbocycles. The number of rotatable bonds is 7. The van der Waals surface area contributed by atoms with Gasteiger partial charge in [-0.15, -0.1) is 11.3 Å². The lowest BCUT2D eigenvalue weighted by Gasteiger charge is -2.19. The first-order valence-electron chi connectivity index (χ1n) is 9.11. The van der Waals surface area contributed by atoms with E-state index in [0.29, 0.717) is 13.0 Å². The summed E-state index contributed by atoms with van der Waals surface area (Å²) in [6, 6.07) is 16.8. The summed E-state index contributed by atoms with van der Waals surface area (Å²) in [5.74, 6) is -0.0785. The van der Waals surface area contributed by atoms with Crippen LogP contribution < -0.4 is 10.6 Å². The number of hydrogen-bond acceptors (Lipinski definition) is 3. The van der Waals surface area contributed by atoms with E-state index in [1.165, 1.54) is 4.70 Å². The summed E-state index contributed by atoms with van der Waals surface area (Å²) in [5.41, 5.74) is 1.87. The molecule has 140 valence electrons. The molecule has 27 heavy (non-hydrogen) atoms. The quantitative estimate of drug-likeness (QED) is 0.637. The smallest absolute Gasteiger partial charge is 0.247 e. The van der Waals surface area contributed by atoms with Crippen molar-refractivity contribution in [3.05, 3.63) is 71.1 Å². The molecule has 0 aliphatic heterocycles. The van der Waals surface area contributed by atoms with E-state index in [-0.39, 0.29) is 17.7 Å². The number of carbonyl (C=O) groups is 2. The number of amides is 2. The second kappa shape index (κ2) is 8.82. The fraction of sp³-hybridized carbons (Fsp3) is 0.273. The fourth-order valence-electron chi connectivity index (χ4n) is 2.99. The third kappa shape index (κ3) is 4.95. The van der Waals surface area contributed by atoms with Gasteiger partial charge in [0.1, 0.15) is 6.04 Å². The van der Waals surface area contributed by atoms with E-state index in [2.05, 4.69) is 28.1 Å². The largest absolute Gasteiger partial charge is 0.350 e. The van der Waals surface area contributed by atoms with E-state index in [0.717, 1.165) is 16.5 Å². The highest BCUT2D eigenvalue weighted by Gasteiger charge is 2.23. The van der Waals surface area contributed by atoms with E-state index in [9.17, 15) is 9.59 Å². The normalized spacial score (nSPS) is 12.1. The molecule has 0 radical (unpaired) electrons. The highest BCUT2D eigenvalue weighted by molar-refractivity contribution is 7.17. The van der Waals surface area contributed by atoms with Crippen LogP contribution >= 0.6 is 11.3 Å². The van der Waals surface area contributed by atoms with Crippen molar-refractivity contribution in [3.8, 4) is 0 Å². The summed E-state index contributed by atoms with van der Waals surface area (Å²) in [6.45, 7) is 4.41. The van der Waals surface area contributed by atoms with Gasteiger partial charge in [0.2, 0.25) is 11.8 Å². The van der Waals surface area contributed by atoms with Crippen LogP contribution in [0, 0.1) is 5.92 Å². The molecule has 0 saturated carbocycles. The Morgan fingerprint density at radius 2 is 1.70 bits per heavy atom. The third-order valence-electron chi connectivity index (χ3n) is 4.31. The molecule has 3 aromatic rings. The molecule has 1 atom stereocenters. The summed E-state index contributed by atoms with van der Waals surface area (Å²) < 4.78 is 1.20. The van der Waals surface area contributed by atoms with Crippen LogP contribution in [-0.2, 0) is 16.1 Å². The van der Waals surface area contributed by atoms with Crippen molar-refractivity contribution in [1.82, 2.24) is 10.6 Å². The molecule has 1 unspecified atom stereocenters. The van der Waals surface area contributed by atoms with Crippen LogP contribution in [0.1, 0.15) is 37.4 Å². The average Bonchev–Trinajstić information content (AvgIpc) is 3.07. The van der Waals surface area contributed by atoms with Crippen LogP contribution in [0.15, 0.2) is 60.0 Å². The molecule has 0 spiro atoms. The van der Waals surface area contributed by atoms with E-state index >= 15 is 0 Å². The van der Waals surface area contributed by atoms with Gasteiger partial charge < -0.3 is 10.6 Å². The summed E-state index contributed by atoms with van der Waals surface area (Å²) in [6.07, 6.45) is 0.395. The van der Waals surface area contributed by atoms with Gasteiger partial charge >= 0.3 is 0 Å². The monoisotopic (exact) mass is 380 g/mol. The number of thiophene rings is 1. The summed E-state index contributed by atoms with van der Waals surface area (Å²) in [4.78, 5) is 25.1. The average molecular weight is 381 g/mol. The highest BCUT2D eigenvalue weighted by Crippen LogP contribution is 2.25. The molecular formula is C22H24N2O2S. The first kappa shape index (κ1) is 19.1. The van der Waals surface area contributed by atoms with Gasteiger partial charge in [0, 0.05) is 17.7 Å². The topological polar surface area (TPSA) is 58.2 Å². The third-order valence-corrected chi connectivity index (χ3v) is 5.32. The molecule has 0 aliphatic rings. The predicted octanol–water partition coefficient (Wildman–Crippen LogP) is 4.42. The first-order chi connectivity index (χ1) is 13.0. The number of benzene rings is 2. The summed E-state index contributed by atoms with van der Waals surface area (Å²) >= 11 is 1.67. The lowest BCUT2D eigenvalue weighted by Crippen LogP contribution is -2.40. The predicted molar refractivity (Wildman–Crippen MR) is 110 cm³/mol.